The van der Waals surface area contributed by atoms with E-state index in [0.29, 0.717) is 5.92 Å². The first kappa shape index (κ1) is 11.8. The predicted molar refractivity (Wildman–Crippen MR) is 49.1 cm³/mol. The summed E-state index contributed by atoms with van der Waals surface area (Å²) in [5.74, 6) is 0.506. The molecule has 3 heteroatoms. The molecule has 0 amide bonds. The van der Waals surface area contributed by atoms with Crippen molar-refractivity contribution in [2.24, 2.45) is 5.92 Å². The molecule has 0 aromatic heterocycles. The van der Waals surface area contributed by atoms with E-state index in [1.165, 1.54) is 0 Å². The number of ether oxygens (including phenoxy) is 2. The monoisotopic (exact) mass is 241 g/mol. The minimum atomic E-state index is -0.175. The molecule has 1 fully saturated rings. The normalized spacial score (nSPS) is 26.6. The Hall–Kier alpha value is -0.237. The summed E-state index contributed by atoms with van der Waals surface area (Å²) in [6, 6.07) is 10.7. The van der Waals surface area contributed by atoms with Gasteiger partial charge in [-0.2, -0.15) is 30.3 Å². The average Bonchev–Trinajstić information content (AvgIpc) is 2.20. The standard InChI is InChI=1S/C11H13O2.Zn/c1-9-7-12-11(13-8-9)10-5-3-2-4-6-10;/h3-6,9,11H,7-8H2,1H3;/q-1;. The number of hydrogen-bond acceptors (Lipinski definition) is 2. The summed E-state index contributed by atoms with van der Waals surface area (Å²) in [7, 11) is 0. The molecule has 1 heterocycles. The molecule has 2 rings (SSSR count). The van der Waals surface area contributed by atoms with Gasteiger partial charge in [0.25, 0.3) is 0 Å². The summed E-state index contributed by atoms with van der Waals surface area (Å²) < 4.78 is 11.1. The van der Waals surface area contributed by atoms with E-state index in [1.54, 1.807) is 0 Å². The van der Waals surface area contributed by atoms with Gasteiger partial charge < -0.3 is 9.47 Å². The van der Waals surface area contributed by atoms with Crippen LogP contribution in [0.15, 0.2) is 24.3 Å². The molecule has 1 aromatic rings. The maximum absolute atomic E-state index is 5.54. The van der Waals surface area contributed by atoms with Crippen LogP contribution in [0.4, 0.5) is 0 Å². The molecular formula is C11H13O2Zn-. The van der Waals surface area contributed by atoms with Crippen molar-refractivity contribution in [1.82, 2.24) is 0 Å². The first-order valence-corrected chi connectivity index (χ1v) is 4.55. The molecule has 0 N–H and O–H groups in total. The van der Waals surface area contributed by atoms with Gasteiger partial charge in [-0.05, 0) is 0 Å². The summed E-state index contributed by atoms with van der Waals surface area (Å²) in [5.41, 5.74) is 1.07. The topological polar surface area (TPSA) is 18.5 Å². The van der Waals surface area contributed by atoms with E-state index in [1.807, 2.05) is 24.3 Å². The molecule has 1 aliphatic heterocycles. The van der Waals surface area contributed by atoms with Gasteiger partial charge in [-0.15, -0.1) is 5.56 Å². The second-order valence-corrected chi connectivity index (χ2v) is 3.44. The van der Waals surface area contributed by atoms with Crippen LogP contribution in [-0.4, -0.2) is 13.2 Å². The number of hydrogen-bond donors (Lipinski definition) is 0. The maximum atomic E-state index is 5.54. The van der Waals surface area contributed by atoms with E-state index in [9.17, 15) is 0 Å². The Kier molecular flexibility index (Phi) is 4.73. The summed E-state index contributed by atoms with van der Waals surface area (Å²) in [4.78, 5) is 0. The van der Waals surface area contributed by atoms with Crippen LogP contribution in [0.1, 0.15) is 18.8 Å². The Morgan fingerprint density at radius 1 is 1.21 bits per heavy atom. The molecule has 1 aliphatic rings. The van der Waals surface area contributed by atoms with E-state index >= 15 is 0 Å². The Labute approximate surface area is 97.4 Å². The number of benzene rings is 1. The van der Waals surface area contributed by atoms with E-state index in [2.05, 4.69) is 13.0 Å². The fourth-order valence-corrected chi connectivity index (χ4v) is 1.35. The molecule has 1 saturated heterocycles. The third kappa shape index (κ3) is 2.88. The Morgan fingerprint density at radius 2 is 1.79 bits per heavy atom. The smallest absolute Gasteiger partial charge is 0.161 e. The summed E-state index contributed by atoms with van der Waals surface area (Å²) in [5, 5.41) is 0. The fourth-order valence-electron chi connectivity index (χ4n) is 1.35. The quantitative estimate of drug-likeness (QED) is 0.555. The molecule has 72 valence electrons. The van der Waals surface area contributed by atoms with Gasteiger partial charge in [0.1, 0.15) is 0 Å². The van der Waals surface area contributed by atoms with Crippen molar-refractivity contribution in [1.29, 1.82) is 0 Å². The van der Waals surface area contributed by atoms with Gasteiger partial charge >= 0.3 is 0 Å². The molecular weight excluding hydrogens is 230 g/mol. The van der Waals surface area contributed by atoms with Crippen molar-refractivity contribution in [2.75, 3.05) is 13.2 Å². The molecule has 0 bridgehead atoms. The molecule has 0 aliphatic carbocycles. The van der Waals surface area contributed by atoms with Gasteiger partial charge in [-0.1, -0.05) is 6.92 Å². The van der Waals surface area contributed by atoms with Crippen LogP contribution in [-0.2, 0) is 29.0 Å². The van der Waals surface area contributed by atoms with Crippen LogP contribution in [0.5, 0.6) is 0 Å². The molecule has 0 spiro atoms. The third-order valence-electron chi connectivity index (χ3n) is 2.08. The van der Waals surface area contributed by atoms with E-state index in [4.69, 9.17) is 9.47 Å². The van der Waals surface area contributed by atoms with Crippen molar-refractivity contribution >= 4 is 0 Å². The number of rotatable bonds is 1. The Morgan fingerprint density at radius 3 is 2.36 bits per heavy atom. The summed E-state index contributed by atoms with van der Waals surface area (Å²) in [6.07, 6.45) is -0.175. The molecule has 0 unspecified atom stereocenters. The third-order valence-corrected chi connectivity index (χ3v) is 2.08. The molecule has 2 nitrogen and oxygen atoms in total. The van der Waals surface area contributed by atoms with Gasteiger partial charge in [-0.25, -0.2) is 0 Å². The van der Waals surface area contributed by atoms with Crippen LogP contribution < -0.4 is 0 Å². The molecule has 1 aromatic carbocycles. The van der Waals surface area contributed by atoms with Gasteiger partial charge in [0.2, 0.25) is 0 Å². The first-order valence-electron chi connectivity index (χ1n) is 4.55. The van der Waals surface area contributed by atoms with Crippen LogP contribution in [0, 0.1) is 12.0 Å². The SMILES string of the molecule is CC1COC(c2cc[c-]cc2)OC1.[Zn]. The van der Waals surface area contributed by atoms with Crippen LogP contribution in [0.25, 0.3) is 0 Å². The first-order chi connectivity index (χ1) is 6.36. The van der Waals surface area contributed by atoms with E-state index in [-0.39, 0.29) is 25.8 Å². The zero-order chi connectivity index (χ0) is 9.10. The van der Waals surface area contributed by atoms with Crippen LogP contribution >= 0.6 is 0 Å². The summed E-state index contributed by atoms with van der Waals surface area (Å²) in [6.45, 7) is 3.68. The largest absolute Gasteiger partial charge is 0.350 e. The Balaban J connectivity index is 0.000000980. The second-order valence-electron chi connectivity index (χ2n) is 3.44. The molecule has 0 radical (unpaired) electrons. The predicted octanol–water partition coefficient (Wildman–Crippen LogP) is 2.17. The zero-order valence-corrected chi connectivity index (χ0v) is 11.4. The minimum absolute atomic E-state index is 0. The van der Waals surface area contributed by atoms with Gasteiger partial charge in [0, 0.05) is 25.4 Å². The van der Waals surface area contributed by atoms with Gasteiger partial charge in [-0.3, -0.25) is 0 Å². The van der Waals surface area contributed by atoms with Crippen molar-refractivity contribution in [3.63, 3.8) is 0 Å². The fraction of sp³-hybridized carbons (Fsp3) is 0.455. The zero-order valence-electron chi connectivity index (χ0n) is 8.40. The summed E-state index contributed by atoms with van der Waals surface area (Å²) >= 11 is 0. The van der Waals surface area contributed by atoms with Gasteiger partial charge in [0.15, 0.2) is 6.29 Å². The van der Waals surface area contributed by atoms with Gasteiger partial charge in [0.05, 0.1) is 13.2 Å². The maximum Gasteiger partial charge on any atom is 0.161 e. The minimum Gasteiger partial charge on any atom is -0.350 e. The van der Waals surface area contributed by atoms with Crippen molar-refractivity contribution in [3.05, 3.63) is 35.9 Å². The van der Waals surface area contributed by atoms with Crippen molar-refractivity contribution in [3.8, 4) is 0 Å². The van der Waals surface area contributed by atoms with E-state index < -0.39 is 0 Å². The average molecular weight is 243 g/mol. The van der Waals surface area contributed by atoms with Crippen LogP contribution in [0.2, 0.25) is 0 Å². The molecule has 0 atom stereocenters. The Bertz CT molecular complexity index is 255. The molecule has 0 saturated carbocycles. The van der Waals surface area contributed by atoms with Crippen molar-refractivity contribution in [2.45, 2.75) is 13.2 Å². The van der Waals surface area contributed by atoms with E-state index in [0.717, 1.165) is 18.8 Å². The van der Waals surface area contributed by atoms with Crippen LogP contribution in [0.3, 0.4) is 0 Å². The van der Waals surface area contributed by atoms with Crippen molar-refractivity contribution < 1.29 is 29.0 Å². The molecule has 14 heavy (non-hydrogen) atoms. The second kappa shape index (κ2) is 5.60.